The van der Waals surface area contributed by atoms with Crippen LogP contribution >= 0.6 is 0 Å². The van der Waals surface area contributed by atoms with Crippen molar-refractivity contribution in [3.05, 3.63) is 16.6 Å². The number of rotatable bonds is 1. The fraction of sp³-hybridized carbons (Fsp3) is 0.500. The lowest BCUT2D eigenvalue weighted by atomic mass is 10.1. The Morgan fingerprint density at radius 2 is 2.37 bits per heavy atom. The lowest BCUT2D eigenvalue weighted by molar-refractivity contribution is -0.182. The number of aliphatic hydroxyl groups is 2. The first-order valence-electron chi connectivity index (χ1n) is 5.69. The minimum absolute atomic E-state index is 0.0399. The second-order valence-corrected chi connectivity index (χ2v) is 4.70. The number of H-pyrrole nitrogens is 1. The van der Waals surface area contributed by atoms with Gasteiger partial charge in [0.2, 0.25) is 5.95 Å². The van der Waals surface area contributed by atoms with Crippen LogP contribution in [0.3, 0.4) is 0 Å². The third-order valence-corrected chi connectivity index (χ3v) is 3.20. The van der Waals surface area contributed by atoms with E-state index in [1.165, 1.54) is 10.9 Å². The van der Waals surface area contributed by atoms with Gasteiger partial charge in [-0.05, 0) is 6.92 Å². The quantitative estimate of drug-likeness (QED) is 0.491. The van der Waals surface area contributed by atoms with Crippen LogP contribution in [0.2, 0.25) is 0 Å². The molecule has 0 bridgehead atoms. The standard InChI is InChI=1S/C10H13N5O4/c1-10(2-5(16)8(18)19-10)15-6-4(3-12-15)7(17)14-9(11)13-6/h3,5,8,16,18H,2H2,1H3,(H3,11,13,14,17). The monoisotopic (exact) mass is 267 g/mol. The van der Waals surface area contributed by atoms with Gasteiger partial charge in [-0.25, -0.2) is 4.68 Å². The Morgan fingerprint density at radius 1 is 1.63 bits per heavy atom. The van der Waals surface area contributed by atoms with Gasteiger partial charge in [0.15, 0.2) is 17.7 Å². The van der Waals surface area contributed by atoms with Crippen molar-refractivity contribution in [3.63, 3.8) is 0 Å². The van der Waals surface area contributed by atoms with E-state index in [0.717, 1.165) is 0 Å². The van der Waals surface area contributed by atoms with E-state index in [-0.39, 0.29) is 23.4 Å². The van der Waals surface area contributed by atoms with Gasteiger partial charge in [-0.3, -0.25) is 9.78 Å². The van der Waals surface area contributed by atoms with Crippen molar-refractivity contribution in [2.45, 2.75) is 31.5 Å². The van der Waals surface area contributed by atoms with Crippen molar-refractivity contribution in [1.82, 2.24) is 19.7 Å². The molecule has 1 aliphatic heterocycles. The first kappa shape index (κ1) is 12.1. The van der Waals surface area contributed by atoms with Gasteiger partial charge in [-0.1, -0.05) is 0 Å². The lowest BCUT2D eigenvalue weighted by Gasteiger charge is -2.24. The average Bonchev–Trinajstić information content (AvgIpc) is 2.82. The molecular formula is C10H13N5O4. The van der Waals surface area contributed by atoms with E-state index < -0.39 is 23.7 Å². The Bertz CT molecular complexity index is 683. The van der Waals surface area contributed by atoms with Crippen molar-refractivity contribution < 1.29 is 14.9 Å². The summed E-state index contributed by atoms with van der Waals surface area (Å²) in [7, 11) is 0. The highest BCUT2D eigenvalue weighted by atomic mass is 16.6. The van der Waals surface area contributed by atoms with Gasteiger partial charge in [0.1, 0.15) is 11.5 Å². The predicted molar refractivity (Wildman–Crippen MR) is 63.9 cm³/mol. The molecule has 0 spiro atoms. The average molecular weight is 267 g/mol. The van der Waals surface area contributed by atoms with Gasteiger partial charge in [0.05, 0.1) is 6.20 Å². The number of aromatic nitrogens is 4. The summed E-state index contributed by atoms with van der Waals surface area (Å²) in [6.07, 6.45) is -0.863. The first-order valence-corrected chi connectivity index (χ1v) is 5.69. The van der Waals surface area contributed by atoms with Crippen LogP contribution in [0, 0.1) is 0 Å². The molecule has 1 aliphatic rings. The SMILES string of the molecule is CC1(n2ncc3c(=O)[nH]c(N)nc32)CC(O)C(O)O1. The molecule has 3 atom stereocenters. The van der Waals surface area contributed by atoms with E-state index in [2.05, 4.69) is 15.1 Å². The van der Waals surface area contributed by atoms with E-state index in [1.807, 2.05) is 0 Å². The predicted octanol–water partition coefficient (Wildman–Crippen LogP) is -1.53. The molecule has 5 N–H and O–H groups in total. The fourth-order valence-electron chi connectivity index (χ4n) is 2.29. The highest BCUT2D eigenvalue weighted by Gasteiger charge is 2.45. The van der Waals surface area contributed by atoms with Crippen LogP contribution in [0.1, 0.15) is 13.3 Å². The molecule has 1 fully saturated rings. The molecule has 0 amide bonds. The Balaban J connectivity index is 2.19. The minimum atomic E-state index is -1.30. The maximum atomic E-state index is 11.7. The zero-order valence-electron chi connectivity index (χ0n) is 10.1. The molecule has 0 radical (unpaired) electrons. The third kappa shape index (κ3) is 1.70. The second kappa shape index (κ2) is 3.76. The van der Waals surface area contributed by atoms with Crippen LogP contribution in [-0.2, 0) is 10.5 Å². The third-order valence-electron chi connectivity index (χ3n) is 3.20. The Hall–Kier alpha value is -1.97. The summed E-state index contributed by atoms with van der Waals surface area (Å²) in [5.74, 6) is -0.0399. The molecule has 3 unspecified atom stereocenters. The molecule has 9 nitrogen and oxygen atoms in total. The van der Waals surface area contributed by atoms with Crippen molar-refractivity contribution in [2.24, 2.45) is 0 Å². The molecule has 19 heavy (non-hydrogen) atoms. The Kier molecular flexibility index (Phi) is 2.39. The number of hydrogen-bond acceptors (Lipinski definition) is 7. The van der Waals surface area contributed by atoms with Crippen LogP contribution in [0.5, 0.6) is 0 Å². The molecule has 2 aromatic heterocycles. The van der Waals surface area contributed by atoms with Crippen molar-refractivity contribution >= 4 is 17.0 Å². The van der Waals surface area contributed by atoms with Gasteiger partial charge in [-0.15, -0.1) is 0 Å². The van der Waals surface area contributed by atoms with Crippen molar-refractivity contribution in [1.29, 1.82) is 0 Å². The van der Waals surface area contributed by atoms with Crippen LogP contribution in [0.25, 0.3) is 11.0 Å². The van der Waals surface area contributed by atoms with Crippen LogP contribution in [0.4, 0.5) is 5.95 Å². The summed E-state index contributed by atoms with van der Waals surface area (Å²) >= 11 is 0. The number of nitrogens with two attached hydrogens (primary N) is 1. The van der Waals surface area contributed by atoms with E-state index >= 15 is 0 Å². The first-order chi connectivity index (χ1) is 8.90. The van der Waals surface area contributed by atoms with Crippen LogP contribution in [0.15, 0.2) is 11.0 Å². The molecular weight excluding hydrogens is 254 g/mol. The number of aliphatic hydroxyl groups excluding tert-OH is 2. The molecule has 0 saturated carbocycles. The normalized spacial score (nSPS) is 31.1. The molecule has 2 aromatic rings. The molecule has 3 heterocycles. The summed E-state index contributed by atoms with van der Waals surface area (Å²) in [4.78, 5) is 18.1. The number of nitrogen functional groups attached to an aromatic ring is 1. The summed E-state index contributed by atoms with van der Waals surface area (Å²) in [6.45, 7) is 1.64. The number of fused-ring (bicyclic) bond motifs is 1. The van der Waals surface area contributed by atoms with E-state index in [4.69, 9.17) is 10.5 Å². The van der Waals surface area contributed by atoms with Crippen molar-refractivity contribution in [3.8, 4) is 0 Å². The second-order valence-electron chi connectivity index (χ2n) is 4.70. The molecule has 9 heteroatoms. The molecule has 1 saturated heterocycles. The molecule has 0 aromatic carbocycles. The number of ether oxygens (including phenoxy) is 1. The maximum absolute atomic E-state index is 11.7. The number of hydrogen-bond donors (Lipinski definition) is 4. The van der Waals surface area contributed by atoms with Gasteiger partial charge >= 0.3 is 0 Å². The fourth-order valence-corrected chi connectivity index (χ4v) is 2.29. The van der Waals surface area contributed by atoms with E-state index in [0.29, 0.717) is 0 Å². The zero-order chi connectivity index (χ0) is 13.8. The number of nitrogens with zero attached hydrogens (tertiary/aromatic N) is 3. The highest BCUT2D eigenvalue weighted by molar-refractivity contribution is 5.74. The summed E-state index contributed by atoms with van der Waals surface area (Å²) in [6, 6.07) is 0. The van der Waals surface area contributed by atoms with E-state index in [1.54, 1.807) is 6.92 Å². The van der Waals surface area contributed by atoms with E-state index in [9.17, 15) is 15.0 Å². The zero-order valence-corrected chi connectivity index (χ0v) is 10.1. The summed E-state index contributed by atoms with van der Waals surface area (Å²) in [5.41, 5.74) is 4.25. The van der Waals surface area contributed by atoms with Crippen molar-refractivity contribution in [2.75, 3.05) is 5.73 Å². The largest absolute Gasteiger partial charge is 0.388 e. The topological polar surface area (TPSA) is 139 Å². The van der Waals surface area contributed by atoms with Gasteiger partial charge in [0, 0.05) is 6.42 Å². The Morgan fingerprint density at radius 3 is 3.00 bits per heavy atom. The minimum Gasteiger partial charge on any atom is -0.388 e. The molecule has 0 aliphatic carbocycles. The Labute approximate surface area is 106 Å². The van der Waals surface area contributed by atoms with Crippen LogP contribution < -0.4 is 11.3 Å². The number of aromatic amines is 1. The highest BCUT2D eigenvalue weighted by Crippen LogP contribution is 2.34. The van der Waals surface area contributed by atoms with Gasteiger partial charge < -0.3 is 20.7 Å². The van der Waals surface area contributed by atoms with Gasteiger partial charge in [0.25, 0.3) is 5.56 Å². The maximum Gasteiger partial charge on any atom is 0.263 e. The summed E-state index contributed by atoms with van der Waals surface area (Å²) in [5, 5.41) is 23.4. The van der Waals surface area contributed by atoms with Crippen LogP contribution in [-0.4, -0.2) is 42.4 Å². The molecule has 3 rings (SSSR count). The lowest BCUT2D eigenvalue weighted by Crippen LogP contribution is -2.31. The smallest absolute Gasteiger partial charge is 0.263 e. The molecule has 102 valence electrons. The summed E-state index contributed by atoms with van der Waals surface area (Å²) < 4.78 is 6.65. The van der Waals surface area contributed by atoms with Gasteiger partial charge in [-0.2, -0.15) is 10.1 Å². The number of anilines is 1. The number of nitrogens with one attached hydrogen (secondary N) is 1.